The van der Waals surface area contributed by atoms with Crippen LogP contribution >= 0.6 is 0 Å². The molecule has 3 aromatic heterocycles. The molecule has 0 unspecified atom stereocenters. The summed E-state index contributed by atoms with van der Waals surface area (Å²) in [4.78, 5) is 23.2. The van der Waals surface area contributed by atoms with E-state index in [2.05, 4.69) is 35.9 Å². The van der Waals surface area contributed by atoms with Gasteiger partial charge in [0.05, 0.1) is 11.7 Å². The lowest BCUT2D eigenvalue weighted by molar-refractivity contribution is -0.115. The number of oxazole rings is 1. The van der Waals surface area contributed by atoms with Crippen LogP contribution in [0, 0.1) is 5.92 Å². The molecule has 0 radical (unpaired) electrons. The number of hydrogen-bond acceptors (Lipinski definition) is 8. The highest BCUT2D eigenvalue weighted by molar-refractivity contribution is 6.03. The second kappa shape index (κ2) is 12.5. The SMILES string of the molecule is O=C(Nc1cn(C2CCC(CN3CCNCC3)CC2)nc1C(F)F)c1coc(-c2ccnc(NCC(F)(F)F)c2)n1. The van der Waals surface area contributed by atoms with Crippen molar-refractivity contribution in [2.24, 2.45) is 5.92 Å². The number of hydrogen-bond donors (Lipinski definition) is 3. The van der Waals surface area contributed by atoms with Crippen molar-refractivity contribution < 1.29 is 31.2 Å². The Balaban J connectivity index is 1.21. The molecule has 4 heterocycles. The lowest BCUT2D eigenvalue weighted by Crippen LogP contribution is -2.45. The largest absolute Gasteiger partial charge is 0.444 e. The van der Waals surface area contributed by atoms with Crippen LogP contribution in [-0.4, -0.2) is 76.0 Å². The van der Waals surface area contributed by atoms with E-state index in [4.69, 9.17) is 4.42 Å². The highest BCUT2D eigenvalue weighted by Gasteiger charge is 2.29. The van der Waals surface area contributed by atoms with Crippen molar-refractivity contribution in [2.75, 3.05) is 49.9 Å². The summed E-state index contributed by atoms with van der Waals surface area (Å²) in [6.07, 6.45) is -0.0125. The van der Waals surface area contributed by atoms with E-state index in [1.807, 2.05) is 0 Å². The smallest absolute Gasteiger partial charge is 0.405 e. The van der Waals surface area contributed by atoms with Crippen LogP contribution in [0.25, 0.3) is 11.5 Å². The molecule has 2 fully saturated rings. The lowest BCUT2D eigenvalue weighted by atomic mass is 9.85. The van der Waals surface area contributed by atoms with Gasteiger partial charge in [-0.05, 0) is 43.7 Å². The van der Waals surface area contributed by atoms with Crippen LogP contribution in [0.5, 0.6) is 0 Å². The van der Waals surface area contributed by atoms with Gasteiger partial charge in [-0.25, -0.2) is 18.7 Å². The van der Waals surface area contributed by atoms with E-state index in [1.54, 1.807) is 0 Å². The summed E-state index contributed by atoms with van der Waals surface area (Å²) in [6, 6.07) is 2.70. The van der Waals surface area contributed by atoms with Gasteiger partial charge in [-0.15, -0.1) is 0 Å². The van der Waals surface area contributed by atoms with Crippen LogP contribution in [0.3, 0.4) is 0 Å². The van der Waals surface area contributed by atoms with Crippen LogP contribution in [0.4, 0.5) is 33.5 Å². The molecule has 3 aromatic rings. The number of piperazine rings is 1. The van der Waals surface area contributed by atoms with Crippen molar-refractivity contribution >= 4 is 17.4 Å². The summed E-state index contributed by atoms with van der Waals surface area (Å²) in [5, 5.41) is 12.1. The minimum absolute atomic E-state index is 0.0390. The van der Waals surface area contributed by atoms with Crippen molar-refractivity contribution in [3.05, 3.63) is 42.2 Å². The van der Waals surface area contributed by atoms with Crippen molar-refractivity contribution in [2.45, 2.75) is 44.3 Å². The molecule has 1 aliphatic carbocycles. The van der Waals surface area contributed by atoms with Gasteiger partial charge in [0.15, 0.2) is 11.4 Å². The first-order valence-electron chi connectivity index (χ1n) is 13.5. The molecule has 0 bridgehead atoms. The van der Waals surface area contributed by atoms with Crippen molar-refractivity contribution in [1.29, 1.82) is 0 Å². The van der Waals surface area contributed by atoms with Gasteiger partial charge in [0, 0.05) is 50.7 Å². The minimum Gasteiger partial charge on any atom is -0.444 e. The maximum Gasteiger partial charge on any atom is 0.405 e. The van der Waals surface area contributed by atoms with E-state index in [0.29, 0.717) is 5.92 Å². The molecule has 5 rings (SSSR count). The molecule has 1 saturated heterocycles. The van der Waals surface area contributed by atoms with Crippen molar-refractivity contribution in [3.8, 4) is 11.5 Å². The highest BCUT2D eigenvalue weighted by Crippen LogP contribution is 2.35. The normalized spacial score (nSPS) is 20.3. The van der Waals surface area contributed by atoms with Crippen LogP contribution in [0.1, 0.15) is 54.3 Å². The van der Waals surface area contributed by atoms with Gasteiger partial charge in [-0.2, -0.15) is 18.3 Å². The number of alkyl halides is 5. The number of carbonyl (C=O) groups excluding carboxylic acids is 1. The first-order valence-corrected chi connectivity index (χ1v) is 13.5. The second-order valence-electron chi connectivity index (χ2n) is 10.3. The van der Waals surface area contributed by atoms with Crippen LogP contribution < -0.4 is 16.0 Å². The Hall–Kier alpha value is -3.59. The van der Waals surface area contributed by atoms with Gasteiger partial charge in [-0.1, -0.05) is 0 Å². The zero-order chi connectivity index (χ0) is 29.0. The van der Waals surface area contributed by atoms with Crippen LogP contribution in [0.15, 0.2) is 35.2 Å². The number of carbonyl (C=O) groups is 1. The summed E-state index contributed by atoms with van der Waals surface area (Å²) in [5.41, 5.74) is -0.556. The average molecular weight is 583 g/mol. The maximum absolute atomic E-state index is 13.8. The predicted molar refractivity (Wildman–Crippen MR) is 140 cm³/mol. The van der Waals surface area contributed by atoms with E-state index in [9.17, 15) is 26.7 Å². The van der Waals surface area contributed by atoms with E-state index in [0.717, 1.165) is 64.7 Å². The molecular weight excluding hydrogens is 551 g/mol. The van der Waals surface area contributed by atoms with Gasteiger partial charge in [0.1, 0.15) is 18.6 Å². The lowest BCUT2D eigenvalue weighted by Gasteiger charge is -2.34. The highest BCUT2D eigenvalue weighted by atomic mass is 19.4. The molecule has 10 nitrogen and oxygen atoms in total. The Kier molecular flexibility index (Phi) is 8.82. The third-order valence-corrected chi connectivity index (χ3v) is 7.35. The molecule has 222 valence electrons. The Morgan fingerprint density at radius 2 is 1.93 bits per heavy atom. The summed E-state index contributed by atoms with van der Waals surface area (Å²) in [7, 11) is 0. The molecule has 41 heavy (non-hydrogen) atoms. The average Bonchev–Trinajstić information content (AvgIpc) is 3.61. The fourth-order valence-corrected chi connectivity index (χ4v) is 5.25. The Morgan fingerprint density at radius 1 is 1.17 bits per heavy atom. The number of halogens is 5. The van der Waals surface area contributed by atoms with E-state index in [-0.39, 0.29) is 34.7 Å². The van der Waals surface area contributed by atoms with E-state index < -0.39 is 30.7 Å². The molecule has 1 saturated carbocycles. The number of amides is 1. The molecule has 0 atom stereocenters. The van der Waals surface area contributed by atoms with Crippen molar-refractivity contribution in [1.82, 2.24) is 30.0 Å². The van der Waals surface area contributed by atoms with Gasteiger partial charge >= 0.3 is 6.18 Å². The van der Waals surface area contributed by atoms with Gasteiger partial charge in [0.25, 0.3) is 12.3 Å². The van der Waals surface area contributed by atoms with E-state index >= 15 is 0 Å². The fourth-order valence-electron chi connectivity index (χ4n) is 5.25. The number of anilines is 2. The zero-order valence-corrected chi connectivity index (χ0v) is 22.1. The van der Waals surface area contributed by atoms with E-state index in [1.165, 1.54) is 29.2 Å². The zero-order valence-electron chi connectivity index (χ0n) is 22.1. The predicted octanol–water partition coefficient (Wildman–Crippen LogP) is 4.73. The molecule has 1 amide bonds. The molecule has 3 N–H and O–H groups in total. The molecule has 2 aliphatic rings. The minimum atomic E-state index is -4.43. The Bertz CT molecular complexity index is 1310. The molecule has 1 aliphatic heterocycles. The summed E-state index contributed by atoms with van der Waals surface area (Å²) in [5.74, 6) is -0.330. The standard InChI is InChI=1S/C26H31F5N8O2/c27-23(28)22-19(13-39(37-22)18-3-1-16(2-4-18)12-38-9-7-32-8-10-38)35-24(40)20-14-41-25(36-20)17-5-6-33-21(11-17)34-15-26(29,30)31/h5-6,11,13-14,16,18,23,32H,1-4,7-10,12,15H2,(H,33,34)(H,35,40). The third-order valence-electron chi connectivity index (χ3n) is 7.35. The van der Waals surface area contributed by atoms with Crippen LogP contribution in [-0.2, 0) is 0 Å². The molecule has 0 aromatic carbocycles. The quantitative estimate of drug-likeness (QED) is 0.311. The monoisotopic (exact) mass is 582 g/mol. The number of pyridine rings is 1. The van der Waals surface area contributed by atoms with Crippen LogP contribution in [0.2, 0.25) is 0 Å². The number of nitrogens with zero attached hydrogens (tertiary/aromatic N) is 5. The van der Waals surface area contributed by atoms with Gasteiger partial charge in [-0.3, -0.25) is 9.48 Å². The maximum atomic E-state index is 13.8. The topological polar surface area (TPSA) is 113 Å². The number of rotatable bonds is 9. The van der Waals surface area contributed by atoms with Gasteiger partial charge < -0.3 is 25.3 Å². The third kappa shape index (κ3) is 7.58. The molecule has 15 heteroatoms. The fraction of sp³-hybridized carbons (Fsp3) is 0.538. The summed E-state index contributed by atoms with van der Waals surface area (Å²) < 4.78 is 72.0. The number of aromatic nitrogens is 4. The second-order valence-corrected chi connectivity index (χ2v) is 10.3. The first kappa shape index (κ1) is 28.9. The Labute approximate surface area is 232 Å². The molecule has 0 spiro atoms. The number of nitrogens with one attached hydrogen (secondary N) is 3. The molecular formula is C26H31F5N8O2. The first-order chi connectivity index (χ1) is 19.6. The van der Waals surface area contributed by atoms with Gasteiger partial charge in [0.2, 0.25) is 5.89 Å². The van der Waals surface area contributed by atoms with Crippen molar-refractivity contribution in [3.63, 3.8) is 0 Å². The Morgan fingerprint density at radius 3 is 2.63 bits per heavy atom. The summed E-state index contributed by atoms with van der Waals surface area (Å²) in [6.45, 7) is 3.83. The summed E-state index contributed by atoms with van der Waals surface area (Å²) >= 11 is 0.